The van der Waals surface area contributed by atoms with Crippen LogP contribution in [-0.4, -0.2) is 26.4 Å². The van der Waals surface area contributed by atoms with Gasteiger partial charge in [0.15, 0.2) is 11.5 Å². The van der Waals surface area contributed by atoms with E-state index in [1.54, 1.807) is 33.5 Å². The van der Waals surface area contributed by atoms with E-state index < -0.39 is 0 Å². The van der Waals surface area contributed by atoms with Crippen molar-refractivity contribution in [3.63, 3.8) is 0 Å². The van der Waals surface area contributed by atoms with Crippen molar-refractivity contribution in [2.45, 2.75) is 12.8 Å². The molecule has 0 heterocycles. The quantitative estimate of drug-likeness (QED) is 0.886. The lowest BCUT2D eigenvalue weighted by Gasteiger charge is -2.14. The van der Waals surface area contributed by atoms with Gasteiger partial charge in [-0.15, -0.1) is 0 Å². The Morgan fingerprint density at radius 2 is 1.43 bits per heavy atom. The molecule has 2 aromatic carbocycles. The molecule has 0 atom stereocenters. The van der Waals surface area contributed by atoms with E-state index >= 15 is 0 Å². The molecule has 0 aliphatic carbocycles. The van der Waals surface area contributed by atoms with Crippen LogP contribution in [0, 0.1) is 0 Å². The molecule has 4 heteroatoms. The lowest BCUT2D eigenvalue weighted by molar-refractivity contribution is 0.324. The van der Waals surface area contributed by atoms with Gasteiger partial charge in [-0.2, -0.15) is 0 Å². The first-order valence-electron chi connectivity index (χ1n) is 6.74. The molecular formula is C17H20O4. The van der Waals surface area contributed by atoms with Gasteiger partial charge >= 0.3 is 0 Å². The molecule has 0 unspecified atom stereocenters. The van der Waals surface area contributed by atoms with Gasteiger partial charge in [-0.3, -0.25) is 0 Å². The minimum atomic E-state index is 0.289. The van der Waals surface area contributed by atoms with Crippen LogP contribution < -0.4 is 14.2 Å². The molecule has 0 saturated carbocycles. The predicted molar refractivity (Wildman–Crippen MR) is 81.6 cm³/mol. The van der Waals surface area contributed by atoms with E-state index in [-0.39, 0.29) is 5.75 Å². The van der Waals surface area contributed by atoms with Crippen molar-refractivity contribution in [3.05, 3.63) is 47.5 Å². The molecule has 0 amide bonds. The van der Waals surface area contributed by atoms with Crippen LogP contribution in [0.1, 0.15) is 11.1 Å². The number of hydrogen-bond donors (Lipinski definition) is 1. The van der Waals surface area contributed by atoms with Crippen molar-refractivity contribution in [2.75, 3.05) is 21.3 Å². The number of benzene rings is 2. The van der Waals surface area contributed by atoms with Crippen molar-refractivity contribution >= 4 is 0 Å². The molecular weight excluding hydrogens is 268 g/mol. The molecule has 0 aromatic heterocycles. The van der Waals surface area contributed by atoms with Crippen molar-refractivity contribution in [2.24, 2.45) is 0 Å². The van der Waals surface area contributed by atoms with Gasteiger partial charge in [0.25, 0.3) is 0 Å². The topological polar surface area (TPSA) is 47.9 Å². The Kier molecular flexibility index (Phi) is 4.93. The summed E-state index contributed by atoms with van der Waals surface area (Å²) in [6.45, 7) is 0. The van der Waals surface area contributed by atoms with E-state index in [1.807, 2.05) is 24.3 Å². The van der Waals surface area contributed by atoms with Crippen molar-refractivity contribution in [1.29, 1.82) is 0 Å². The van der Waals surface area contributed by atoms with Crippen molar-refractivity contribution in [1.82, 2.24) is 0 Å². The molecule has 2 aromatic rings. The summed E-state index contributed by atoms with van der Waals surface area (Å²) in [6, 6.07) is 11.2. The number of rotatable bonds is 6. The number of methoxy groups -OCH3 is 3. The Morgan fingerprint density at radius 1 is 0.810 bits per heavy atom. The zero-order valence-electron chi connectivity index (χ0n) is 12.6. The molecule has 0 aliphatic heterocycles. The highest BCUT2D eigenvalue weighted by molar-refractivity contribution is 5.54. The first-order valence-corrected chi connectivity index (χ1v) is 6.74. The minimum absolute atomic E-state index is 0.289. The highest BCUT2D eigenvalue weighted by Crippen LogP contribution is 2.38. The molecule has 1 N–H and O–H groups in total. The Morgan fingerprint density at radius 3 is 1.95 bits per heavy atom. The second-order valence-corrected chi connectivity index (χ2v) is 4.70. The third-order valence-electron chi connectivity index (χ3n) is 3.34. The lowest BCUT2D eigenvalue weighted by atomic mass is 10.0. The fourth-order valence-corrected chi connectivity index (χ4v) is 2.28. The summed E-state index contributed by atoms with van der Waals surface area (Å²) in [5.41, 5.74) is 2.18. The number of ether oxygens (including phenoxy) is 3. The van der Waals surface area contributed by atoms with E-state index in [9.17, 15) is 5.11 Å². The Balaban J connectivity index is 2.20. The maximum absolute atomic E-state index is 9.49. The zero-order chi connectivity index (χ0) is 15.2. The van der Waals surface area contributed by atoms with Gasteiger partial charge in [-0.25, -0.2) is 0 Å². The van der Waals surface area contributed by atoms with Gasteiger partial charge in [-0.1, -0.05) is 12.1 Å². The normalized spacial score (nSPS) is 10.2. The van der Waals surface area contributed by atoms with Crippen LogP contribution in [0.15, 0.2) is 36.4 Å². The molecule has 0 spiro atoms. The van der Waals surface area contributed by atoms with Crippen molar-refractivity contribution < 1.29 is 19.3 Å². The van der Waals surface area contributed by atoms with Crippen LogP contribution in [0.4, 0.5) is 0 Å². The Labute approximate surface area is 124 Å². The average Bonchev–Trinajstić information content (AvgIpc) is 2.51. The van der Waals surface area contributed by atoms with Gasteiger partial charge in [-0.05, 0) is 48.2 Å². The fourth-order valence-electron chi connectivity index (χ4n) is 2.28. The first-order chi connectivity index (χ1) is 10.2. The maximum Gasteiger partial charge on any atom is 0.203 e. The smallest absolute Gasteiger partial charge is 0.203 e. The third kappa shape index (κ3) is 3.60. The lowest BCUT2D eigenvalue weighted by Crippen LogP contribution is -1.98. The van der Waals surface area contributed by atoms with Crippen LogP contribution in [0.25, 0.3) is 0 Å². The summed E-state index contributed by atoms with van der Waals surface area (Å²) in [6.07, 6.45) is 1.65. The number of phenolic OH excluding ortho intramolecular Hbond substituents is 1. The summed E-state index contributed by atoms with van der Waals surface area (Å²) < 4.78 is 16.0. The number of hydrogen-bond acceptors (Lipinski definition) is 4. The predicted octanol–water partition coefficient (Wildman–Crippen LogP) is 3.20. The second-order valence-electron chi connectivity index (χ2n) is 4.70. The SMILES string of the molecule is COc1cc(CCc2cccc(O)c2)cc(OC)c1OC. The molecule has 4 nitrogen and oxygen atoms in total. The summed E-state index contributed by atoms with van der Waals surface area (Å²) in [5, 5.41) is 9.49. The number of aromatic hydroxyl groups is 1. The van der Waals surface area contributed by atoms with Gasteiger partial charge in [0.2, 0.25) is 5.75 Å². The summed E-state index contributed by atoms with van der Waals surface area (Å²) in [7, 11) is 4.80. The molecule has 0 aliphatic rings. The van der Waals surface area contributed by atoms with E-state index in [4.69, 9.17) is 14.2 Å². The molecule has 0 radical (unpaired) electrons. The highest BCUT2D eigenvalue weighted by atomic mass is 16.5. The largest absolute Gasteiger partial charge is 0.508 e. The molecule has 0 fully saturated rings. The Bertz CT molecular complexity index is 582. The van der Waals surface area contributed by atoms with Crippen LogP contribution in [0.2, 0.25) is 0 Å². The van der Waals surface area contributed by atoms with Crippen LogP contribution in [0.5, 0.6) is 23.0 Å². The van der Waals surface area contributed by atoms with E-state index in [1.165, 1.54) is 0 Å². The number of aryl methyl sites for hydroxylation is 2. The zero-order valence-corrected chi connectivity index (χ0v) is 12.6. The van der Waals surface area contributed by atoms with Gasteiger partial charge in [0.05, 0.1) is 21.3 Å². The van der Waals surface area contributed by atoms with Crippen LogP contribution in [0.3, 0.4) is 0 Å². The first kappa shape index (κ1) is 15.0. The molecule has 21 heavy (non-hydrogen) atoms. The van der Waals surface area contributed by atoms with Crippen LogP contribution in [-0.2, 0) is 12.8 Å². The Hall–Kier alpha value is -2.36. The highest BCUT2D eigenvalue weighted by Gasteiger charge is 2.13. The van der Waals surface area contributed by atoms with E-state index in [0.29, 0.717) is 17.2 Å². The van der Waals surface area contributed by atoms with Gasteiger partial charge in [0.1, 0.15) is 5.75 Å². The fraction of sp³-hybridized carbons (Fsp3) is 0.294. The van der Waals surface area contributed by atoms with Crippen molar-refractivity contribution in [3.8, 4) is 23.0 Å². The minimum Gasteiger partial charge on any atom is -0.508 e. The summed E-state index contributed by atoms with van der Waals surface area (Å²) >= 11 is 0. The standard InChI is InChI=1S/C17H20O4/c1-19-15-10-13(11-16(20-2)17(15)21-3)8-7-12-5-4-6-14(18)9-12/h4-6,9-11,18H,7-8H2,1-3H3. The molecule has 2 rings (SSSR count). The molecule has 0 bridgehead atoms. The average molecular weight is 288 g/mol. The monoisotopic (exact) mass is 288 g/mol. The molecule has 112 valence electrons. The van der Waals surface area contributed by atoms with Gasteiger partial charge < -0.3 is 19.3 Å². The van der Waals surface area contributed by atoms with E-state index in [0.717, 1.165) is 24.0 Å². The summed E-state index contributed by atoms with van der Waals surface area (Å²) in [4.78, 5) is 0. The van der Waals surface area contributed by atoms with Gasteiger partial charge in [0, 0.05) is 0 Å². The third-order valence-corrected chi connectivity index (χ3v) is 3.34. The second kappa shape index (κ2) is 6.88. The van der Waals surface area contributed by atoms with Crippen LogP contribution >= 0.6 is 0 Å². The number of phenols is 1. The van der Waals surface area contributed by atoms with E-state index in [2.05, 4.69) is 0 Å². The summed E-state index contributed by atoms with van der Waals surface area (Å²) in [5.74, 6) is 2.20. The maximum atomic E-state index is 9.49. The molecule has 0 saturated heterocycles.